The highest BCUT2D eigenvalue weighted by Crippen LogP contribution is 2.58. The molecule has 0 atom stereocenters. The van der Waals surface area contributed by atoms with Gasteiger partial charge in [0, 0.05) is 16.7 Å². The van der Waals surface area contributed by atoms with Gasteiger partial charge in [0.15, 0.2) is 5.82 Å². The summed E-state index contributed by atoms with van der Waals surface area (Å²) in [5, 5.41) is 0. The number of aromatic nitrogens is 2. The van der Waals surface area contributed by atoms with Gasteiger partial charge in [0.25, 0.3) is 0 Å². The topological polar surface area (TPSA) is 25.8 Å². The van der Waals surface area contributed by atoms with E-state index < -0.39 is 5.41 Å². The Morgan fingerprint density at radius 2 is 0.672 bits per heavy atom. The fraction of sp³-hybridized carbons (Fsp3) is 0.0169. The summed E-state index contributed by atoms with van der Waals surface area (Å²) >= 11 is 0. The first-order valence-corrected chi connectivity index (χ1v) is 20.9. The zero-order valence-corrected chi connectivity index (χ0v) is 33.5. The molecule has 0 amide bonds. The van der Waals surface area contributed by atoms with Gasteiger partial charge in [0.2, 0.25) is 0 Å². The molecule has 0 bridgehead atoms. The lowest BCUT2D eigenvalue weighted by atomic mass is 9.67. The van der Waals surface area contributed by atoms with Crippen molar-refractivity contribution in [2.24, 2.45) is 0 Å². The third-order valence-corrected chi connectivity index (χ3v) is 12.2. The molecule has 2 nitrogen and oxygen atoms in total. The Bertz CT molecular complexity index is 3090. The molecule has 1 heterocycles. The molecule has 0 fully saturated rings. The Hall–Kier alpha value is -7.94. The predicted octanol–water partition coefficient (Wildman–Crippen LogP) is 14.8. The standard InChI is InChI=1S/C59H40N2/c1-6-18-41(19-7-1)43-30-34-45(35-31-43)51-39-55-52(50-28-16-17-29-54(50)59(55,48-24-12-4-13-25-48)49-26-14-5-15-27-49)38-53(51)57-40-56(60-58(61-57)47-22-10-3-11-23-47)46-36-32-44(33-37-46)42-20-8-2-9-21-42/h1-40H. The van der Waals surface area contributed by atoms with Gasteiger partial charge >= 0.3 is 0 Å². The van der Waals surface area contributed by atoms with Crippen molar-refractivity contribution in [3.05, 3.63) is 265 Å². The van der Waals surface area contributed by atoms with Crippen LogP contribution in [0.5, 0.6) is 0 Å². The number of hydrogen-bond donors (Lipinski definition) is 0. The zero-order chi connectivity index (χ0) is 40.6. The minimum Gasteiger partial charge on any atom is -0.228 e. The highest BCUT2D eigenvalue weighted by molar-refractivity contribution is 5.95. The predicted molar refractivity (Wildman–Crippen MR) is 252 cm³/mol. The minimum atomic E-state index is -0.543. The molecular weight excluding hydrogens is 737 g/mol. The number of rotatable bonds is 8. The Balaban J connectivity index is 1.18. The van der Waals surface area contributed by atoms with Crippen LogP contribution in [-0.4, -0.2) is 9.97 Å². The van der Waals surface area contributed by atoms with E-state index in [2.05, 4.69) is 237 Å². The van der Waals surface area contributed by atoms with Gasteiger partial charge in [-0.3, -0.25) is 0 Å². The van der Waals surface area contributed by atoms with Crippen molar-refractivity contribution < 1.29 is 0 Å². The van der Waals surface area contributed by atoms with E-state index in [0.717, 1.165) is 39.2 Å². The first-order chi connectivity index (χ1) is 30.2. The van der Waals surface area contributed by atoms with E-state index in [-0.39, 0.29) is 0 Å². The second-order valence-electron chi connectivity index (χ2n) is 15.7. The van der Waals surface area contributed by atoms with E-state index in [1.165, 1.54) is 55.6 Å². The van der Waals surface area contributed by atoms with E-state index in [1.54, 1.807) is 0 Å². The molecule has 11 rings (SSSR count). The molecule has 0 N–H and O–H groups in total. The largest absolute Gasteiger partial charge is 0.228 e. The molecule has 0 radical (unpaired) electrons. The summed E-state index contributed by atoms with van der Waals surface area (Å²) in [6.07, 6.45) is 0. The zero-order valence-electron chi connectivity index (χ0n) is 33.5. The van der Waals surface area contributed by atoms with Crippen LogP contribution in [0.3, 0.4) is 0 Å². The summed E-state index contributed by atoms with van der Waals surface area (Å²) in [6.45, 7) is 0. The Morgan fingerprint density at radius 1 is 0.246 bits per heavy atom. The third kappa shape index (κ3) is 6.37. The summed E-state index contributed by atoms with van der Waals surface area (Å²) in [4.78, 5) is 10.7. The lowest BCUT2D eigenvalue weighted by Gasteiger charge is -2.34. The fourth-order valence-electron chi connectivity index (χ4n) is 9.32. The maximum absolute atomic E-state index is 5.44. The highest BCUT2D eigenvalue weighted by atomic mass is 14.9. The third-order valence-electron chi connectivity index (χ3n) is 12.2. The molecule has 0 unspecified atom stereocenters. The van der Waals surface area contributed by atoms with Crippen LogP contribution in [0.1, 0.15) is 22.3 Å². The summed E-state index contributed by atoms with van der Waals surface area (Å²) in [5.41, 5.74) is 18.7. The molecule has 1 aromatic heterocycles. The van der Waals surface area contributed by atoms with Gasteiger partial charge in [-0.15, -0.1) is 0 Å². The van der Waals surface area contributed by atoms with E-state index in [9.17, 15) is 0 Å². The van der Waals surface area contributed by atoms with Crippen molar-refractivity contribution in [1.82, 2.24) is 9.97 Å². The van der Waals surface area contributed by atoms with Crippen molar-refractivity contribution in [1.29, 1.82) is 0 Å². The first-order valence-electron chi connectivity index (χ1n) is 20.9. The van der Waals surface area contributed by atoms with Gasteiger partial charge in [-0.25, -0.2) is 9.97 Å². The van der Waals surface area contributed by atoms with Gasteiger partial charge in [0.1, 0.15) is 0 Å². The first kappa shape index (κ1) is 36.2. The Morgan fingerprint density at radius 3 is 1.23 bits per heavy atom. The molecule has 0 saturated heterocycles. The molecular formula is C59H40N2. The number of benzene rings is 9. The summed E-state index contributed by atoms with van der Waals surface area (Å²) in [5.74, 6) is 0.689. The Kier molecular flexibility index (Phi) is 9.09. The van der Waals surface area contributed by atoms with Gasteiger partial charge in [-0.1, -0.05) is 224 Å². The second kappa shape index (κ2) is 15.3. The van der Waals surface area contributed by atoms with Crippen molar-refractivity contribution in [3.8, 4) is 78.4 Å². The molecule has 0 spiro atoms. The number of hydrogen-bond acceptors (Lipinski definition) is 2. The van der Waals surface area contributed by atoms with Crippen molar-refractivity contribution >= 4 is 0 Å². The normalized spacial score (nSPS) is 12.4. The van der Waals surface area contributed by atoms with Crippen molar-refractivity contribution in [3.63, 3.8) is 0 Å². The monoisotopic (exact) mass is 776 g/mol. The van der Waals surface area contributed by atoms with Gasteiger partial charge < -0.3 is 0 Å². The van der Waals surface area contributed by atoms with Crippen LogP contribution in [0.2, 0.25) is 0 Å². The molecule has 1 aliphatic rings. The summed E-state index contributed by atoms with van der Waals surface area (Å²) < 4.78 is 0. The van der Waals surface area contributed by atoms with Crippen LogP contribution in [0.25, 0.3) is 78.4 Å². The van der Waals surface area contributed by atoms with E-state index in [0.29, 0.717) is 5.82 Å². The fourth-order valence-corrected chi connectivity index (χ4v) is 9.32. The smallest absolute Gasteiger partial charge is 0.160 e. The molecule has 2 heteroatoms. The highest BCUT2D eigenvalue weighted by Gasteiger charge is 2.46. The maximum Gasteiger partial charge on any atom is 0.160 e. The van der Waals surface area contributed by atoms with Crippen molar-refractivity contribution in [2.45, 2.75) is 5.41 Å². The van der Waals surface area contributed by atoms with Crippen LogP contribution >= 0.6 is 0 Å². The summed E-state index contributed by atoms with van der Waals surface area (Å²) in [7, 11) is 0. The van der Waals surface area contributed by atoms with E-state index >= 15 is 0 Å². The molecule has 0 saturated carbocycles. The molecule has 9 aromatic carbocycles. The molecule has 61 heavy (non-hydrogen) atoms. The van der Waals surface area contributed by atoms with Crippen molar-refractivity contribution in [2.75, 3.05) is 0 Å². The molecule has 1 aliphatic carbocycles. The van der Waals surface area contributed by atoms with E-state index in [1.807, 2.05) is 6.07 Å². The van der Waals surface area contributed by atoms with Crippen LogP contribution in [0.15, 0.2) is 243 Å². The molecule has 286 valence electrons. The van der Waals surface area contributed by atoms with E-state index in [4.69, 9.17) is 9.97 Å². The Labute approximate surface area is 357 Å². The van der Waals surface area contributed by atoms with Gasteiger partial charge in [-0.05, 0) is 85.0 Å². The average Bonchev–Trinajstić information content (AvgIpc) is 3.65. The SMILES string of the molecule is c1ccc(-c2ccc(-c3cc(-c4cc5c(cc4-c4ccc(-c6ccccc6)cc4)C(c4ccccc4)(c4ccccc4)c4ccccc4-5)nc(-c4ccccc4)n3)cc2)cc1. The van der Waals surface area contributed by atoms with Crippen LogP contribution in [0.4, 0.5) is 0 Å². The summed E-state index contributed by atoms with van der Waals surface area (Å²) in [6, 6.07) is 87.2. The minimum absolute atomic E-state index is 0.543. The molecule has 0 aliphatic heterocycles. The van der Waals surface area contributed by atoms with Crippen LogP contribution < -0.4 is 0 Å². The number of fused-ring (bicyclic) bond motifs is 3. The second-order valence-corrected chi connectivity index (χ2v) is 15.7. The van der Waals surface area contributed by atoms with Gasteiger partial charge in [0.05, 0.1) is 16.8 Å². The maximum atomic E-state index is 5.44. The van der Waals surface area contributed by atoms with Crippen LogP contribution in [0, 0.1) is 0 Å². The quantitative estimate of drug-likeness (QED) is 0.154. The average molecular weight is 777 g/mol. The van der Waals surface area contributed by atoms with Crippen LogP contribution in [-0.2, 0) is 5.41 Å². The molecule has 10 aromatic rings. The number of nitrogens with zero attached hydrogens (tertiary/aromatic N) is 2. The van der Waals surface area contributed by atoms with Gasteiger partial charge in [-0.2, -0.15) is 0 Å². The lowest BCUT2D eigenvalue weighted by Crippen LogP contribution is -2.28. The lowest BCUT2D eigenvalue weighted by molar-refractivity contribution is 0.769.